The van der Waals surface area contributed by atoms with E-state index >= 15 is 0 Å². The van der Waals surface area contributed by atoms with E-state index in [2.05, 4.69) is 27.4 Å². The number of nitrogens with zero attached hydrogens (tertiary/aromatic N) is 3. The Morgan fingerprint density at radius 1 is 1.15 bits per heavy atom. The number of aromatic amines is 1. The maximum atomic E-state index is 13.3. The minimum absolute atomic E-state index is 0.0450. The lowest BCUT2D eigenvalue weighted by Gasteiger charge is -2.34. The minimum atomic E-state index is -0.394. The highest BCUT2D eigenvalue weighted by atomic mass is 32.1. The van der Waals surface area contributed by atoms with Gasteiger partial charge in [0.2, 0.25) is 0 Å². The van der Waals surface area contributed by atoms with Crippen LogP contribution in [-0.2, 0) is 17.7 Å². The SMILES string of the molecule is CCCc1c(C(=O)N2CCN(Cc3csc(-c4ccccc4)n3)CC2)[nH]c(C)c1C(=O)OC. The third-order valence-electron chi connectivity index (χ3n) is 6.01. The number of aromatic nitrogens is 2. The van der Waals surface area contributed by atoms with Gasteiger partial charge in [-0.2, -0.15) is 0 Å². The summed E-state index contributed by atoms with van der Waals surface area (Å²) in [4.78, 5) is 37.7. The van der Waals surface area contributed by atoms with Gasteiger partial charge >= 0.3 is 5.97 Å². The van der Waals surface area contributed by atoms with Crippen molar-refractivity contribution in [2.24, 2.45) is 0 Å². The minimum Gasteiger partial charge on any atom is -0.465 e. The van der Waals surface area contributed by atoms with Gasteiger partial charge in [0.15, 0.2) is 0 Å². The van der Waals surface area contributed by atoms with Crippen LogP contribution in [0.1, 0.15) is 51.1 Å². The van der Waals surface area contributed by atoms with Gasteiger partial charge in [0, 0.05) is 49.4 Å². The Balaban J connectivity index is 1.40. The predicted octanol–water partition coefficient (Wildman–Crippen LogP) is 4.14. The molecule has 8 heteroatoms. The summed E-state index contributed by atoms with van der Waals surface area (Å²) >= 11 is 1.66. The summed E-state index contributed by atoms with van der Waals surface area (Å²) in [5, 5.41) is 3.15. The fourth-order valence-electron chi connectivity index (χ4n) is 4.33. The molecule has 1 aliphatic heterocycles. The number of nitrogens with one attached hydrogen (secondary N) is 1. The number of amides is 1. The summed E-state index contributed by atoms with van der Waals surface area (Å²) < 4.78 is 4.95. The van der Waals surface area contributed by atoms with Crippen molar-refractivity contribution in [3.63, 3.8) is 0 Å². The Kier molecular flexibility index (Phi) is 7.25. The molecular weight excluding hydrogens is 436 g/mol. The van der Waals surface area contributed by atoms with Crippen LogP contribution in [0.2, 0.25) is 0 Å². The molecule has 1 N–H and O–H groups in total. The van der Waals surface area contributed by atoms with Crippen LogP contribution in [0.3, 0.4) is 0 Å². The molecule has 3 aromatic rings. The molecule has 1 saturated heterocycles. The molecule has 0 saturated carbocycles. The van der Waals surface area contributed by atoms with Gasteiger partial charge in [-0.3, -0.25) is 9.69 Å². The van der Waals surface area contributed by atoms with Crippen molar-refractivity contribution in [3.05, 3.63) is 63.9 Å². The normalized spacial score (nSPS) is 14.5. The maximum absolute atomic E-state index is 13.3. The lowest BCUT2D eigenvalue weighted by atomic mass is 10.0. The molecule has 1 amide bonds. The van der Waals surface area contributed by atoms with Gasteiger partial charge in [0.25, 0.3) is 5.91 Å². The van der Waals surface area contributed by atoms with Crippen LogP contribution in [0.25, 0.3) is 10.6 Å². The zero-order chi connectivity index (χ0) is 23.4. The van der Waals surface area contributed by atoms with Crippen molar-refractivity contribution in [2.75, 3.05) is 33.3 Å². The number of aryl methyl sites for hydroxylation is 1. The van der Waals surface area contributed by atoms with Crippen molar-refractivity contribution in [1.29, 1.82) is 0 Å². The molecule has 3 heterocycles. The molecule has 0 bridgehead atoms. The molecule has 0 atom stereocenters. The molecule has 0 aliphatic carbocycles. The molecule has 0 radical (unpaired) electrons. The Hall–Kier alpha value is -2.97. The van der Waals surface area contributed by atoms with Gasteiger partial charge < -0.3 is 14.6 Å². The van der Waals surface area contributed by atoms with Crippen LogP contribution in [0, 0.1) is 6.92 Å². The zero-order valence-electron chi connectivity index (χ0n) is 19.4. The summed E-state index contributed by atoms with van der Waals surface area (Å²) in [6, 6.07) is 10.2. The van der Waals surface area contributed by atoms with E-state index in [4.69, 9.17) is 9.72 Å². The van der Waals surface area contributed by atoms with E-state index < -0.39 is 5.97 Å². The second kappa shape index (κ2) is 10.3. The average molecular weight is 467 g/mol. The first-order valence-corrected chi connectivity index (χ1v) is 12.2. The average Bonchev–Trinajstić information content (AvgIpc) is 3.44. The number of esters is 1. The largest absolute Gasteiger partial charge is 0.465 e. The van der Waals surface area contributed by atoms with E-state index in [0.717, 1.165) is 47.9 Å². The van der Waals surface area contributed by atoms with Crippen LogP contribution in [0.5, 0.6) is 0 Å². The number of rotatable bonds is 7. The predicted molar refractivity (Wildman–Crippen MR) is 130 cm³/mol. The van der Waals surface area contributed by atoms with Crippen LogP contribution in [0.4, 0.5) is 0 Å². The summed E-state index contributed by atoms with van der Waals surface area (Å²) in [5.74, 6) is -0.439. The van der Waals surface area contributed by atoms with Crippen molar-refractivity contribution in [3.8, 4) is 10.6 Å². The van der Waals surface area contributed by atoms with Gasteiger partial charge in [-0.05, 0) is 18.9 Å². The second-order valence-corrected chi connectivity index (χ2v) is 9.16. The van der Waals surface area contributed by atoms with E-state index in [0.29, 0.717) is 36.5 Å². The molecule has 1 aliphatic rings. The van der Waals surface area contributed by atoms with Crippen molar-refractivity contribution < 1.29 is 14.3 Å². The molecule has 1 fully saturated rings. The van der Waals surface area contributed by atoms with Crippen LogP contribution < -0.4 is 0 Å². The molecule has 1 aromatic carbocycles. The molecule has 33 heavy (non-hydrogen) atoms. The summed E-state index contributed by atoms with van der Waals surface area (Å²) in [6.07, 6.45) is 1.50. The van der Waals surface area contributed by atoms with Gasteiger partial charge in [0.05, 0.1) is 18.4 Å². The number of ether oxygens (including phenoxy) is 1. The van der Waals surface area contributed by atoms with Crippen LogP contribution >= 0.6 is 11.3 Å². The lowest BCUT2D eigenvalue weighted by Crippen LogP contribution is -2.48. The number of H-pyrrole nitrogens is 1. The van der Waals surface area contributed by atoms with E-state index in [-0.39, 0.29) is 5.91 Å². The topological polar surface area (TPSA) is 78.5 Å². The standard InChI is InChI=1S/C25H30N4O3S/c1-4-8-20-21(25(31)32-3)17(2)26-22(20)24(30)29-13-11-28(12-14-29)15-19-16-33-23(27-19)18-9-6-5-7-10-18/h5-7,9-10,16,26H,4,8,11-15H2,1-3H3. The van der Waals surface area contributed by atoms with E-state index in [9.17, 15) is 9.59 Å². The maximum Gasteiger partial charge on any atom is 0.339 e. The molecule has 0 spiro atoms. The van der Waals surface area contributed by atoms with Crippen LogP contribution in [0.15, 0.2) is 35.7 Å². The Morgan fingerprint density at radius 2 is 1.88 bits per heavy atom. The van der Waals surface area contributed by atoms with Crippen LogP contribution in [-0.4, -0.2) is 64.9 Å². The van der Waals surface area contributed by atoms with Crippen molar-refractivity contribution in [2.45, 2.75) is 33.2 Å². The summed E-state index contributed by atoms with van der Waals surface area (Å²) in [5.41, 5.74) is 4.68. The Bertz CT molecular complexity index is 1110. The number of thiazole rings is 1. The summed E-state index contributed by atoms with van der Waals surface area (Å²) in [6.45, 7) is 7.50. The first-order valence-electron chi connectivity index (χ1n) is 11.3. The third-order valence-corrected chi connectivity index (χ3v) is 6.95. The second-order valence-electron chi connectivity index (χ2n) is 8.30. The number of carbonyl (C=O) groups excluding carboxylic acids is 2. The highest BCUT2D eigenvalue weighted by Gasteiger charge is 2.29. The Labute approximate surface area is 198 Å². The first kappa shape index (κ1) is 23.2. The van der Waals surface area contributed by atoms with Crippen molar-refractivity contribution >= 4 is 23.2 Å². The smallest absolute Gasteiger partial charge is 0.339 e. The number of methoxy groups -OCH3 is 1. The molecule has 4 rings (SSSR count). The number of benzene rings is 1. The molecular formula is C25H30N4O3S. The van der Waals surface area contributed by atoms with Gasteiger partial charge in [-0.25, -0.2) is 9.78 Å². The fraction of sp³-hybridized carbons (Fsp3) is 0.400. The summed E-state index contributed by atoms with van der Waals surface area (Å²) in [7, 11) is 1.37. The fourth-order valence-corrected chi connectivity index (χ4v) is 5.14. The zero-order valence-corrected chi connectivity index (χ0v) is 20.2. The molecule has 7 nitrogen and oxygen atoms in total. The molecule has 174 valence electrons. The van der Waals surface area contributed by atoms with E-state index in [1.54, 1.807) is 11.3 Å². The van der Waals surface area contributed by atoms with E-state index in [1.165, 1.54) is 7.11 Å². The van der Waals surface area contributed by atoms with Gasteiger partial charge in [-0.15, -0.1) is 11.3 Å². The highest BCUT2D eigenvalue weighted by molar-refractivity contribution is 7.13. The number of hydrogen-bond acceptors (Lipinski definition) is 6. The number of hydrogen-bond donors (Lipinski definition) is 1. The third kappa shape index (κ3) is 5.02. The number of piperazine rings is 1. The van der Waals surface area contributed by atoms with Crippen molar-refractivity contribution in [1.82, 2.24) is 19.8 Å². The first-order chi connectivity index (χ1) is 16.0. The highest BCUT2D eigenvalue weighted by Crippen LogP contribution is 2.25. The lowest BCUT2D eigenvalue weighted by molar-refractivity contribution is 0.0599. The van der Waals surface area contributed by atoms with Gasteiger partial charge in [-0.1, -0.05) is 43.7 Å². The number of carbonyl (C=O) groups is 2. The monoisotopic (exact) mass is 466 g/mol. The van der Waals surface area contributed by atoms with E-state index in [1.807, 2.05) is 36.9 Å². The Morgan fingerprint density at radius 3 is 2.55 bits per heavy atom. The molecule has 0 unspecified atom stereocenters. The quantitative estimate of drug-likeness (QED) is 0.530. The molecule has 2 aromatic heterocycles. The van der Waals surface area contributed by atoms with Gasteiger partial charge in [0.1, 0.15) is 10.7 Å².